The lowest BCUT2D eigenvalue weighted by Gasteiger charge is -2.31. The number of carbonyl (C=O) groups is 1. The van der Waals surface area contributed by atoms with Crippen molar-refractivity contribution in [3.8, 4) is 0 Å². The molecule has 1 aliphatic heterocycles. The zero-order valence-corrected chi connectivity index (χ0v) is 15.5. The van der Waals surface area contributed by atoms with Gasteiger partial charge < -0.3 is 20.7 Å². The fraction of sp³-hybridized carbons (Fsp3) is 0.533. The summed E-state index contributed by atoms with van der Waals surface area (Å²) in [5.74, 6) is -0.173. The van der Waals surface area contributed by atoms with E-state index in [1.807, 2.05) is 25.1 Å². The monoisotopic (exact) mass is 383 g/mol. The molecule has 1 fully saturated rings. The second kappa shape index (κ2) is 10.9. The summed E-state index contributed by atoms with van der Waals surface area (Å²) in [5.41, 5.74) is 7.42. The molecule has 2 rings (SSSR count). The summed E-state index contributed by atoms with van der Waals surface area (Å²) in [6.07, 6.45) is 1.54. The van der Waals surface area contributed by atoms with Crippen LogP contribution in [0.1, 0.15) is 19.8 Å². The Morgan fingerprint density at radius 3 is 2.65 bits per heavy atom. The number of anilines is 2. The van der Waals surface area contributed by atoms with Gasteiger partial charge in [0.25, 0.3) is 0 Å². The van der Waals surface area contributed by atoms with Crippen LogP contribution in [0.15, 0.2) is 18.2 Å². The van der Waals surface area contributed by atoms with Crippen molar-refractivity contribution in [2.75, 3.05) is 36.5 Å². The Morgan fingerprint density at radius 2 is 2.04 bits per heavy atom. The summed E-state index contributed by atoms with van der Waals surface area (Å²) in [6, 6.07) is 5.01. The van der Waals surface area contributed by atoms with E-state index >= 15 is 0 Å². The van der Waals surface area contributed by atoms with Gasteiger partial charge in [0.2, 0.25) is 5.91 Å². The quantitative estimate of drug-likeness (QED) is 0.818. The van der Waals surface area contributed by atoms with Crippen molar-refractivity contribution in [3.05, 3.63) is 23.2 Å². The number of ether oxygens (including phenoxy) is 1. The molecule has 0 aromatic heterocycles. The van der Waals surface area contributed by atoms with E-state index < -0.39 is 6.04 Å². The second-order valence-corrected chi connectivity index (χ2v) is 5.53. The van der Waals surface area contributed by atoms with Gasteiger partial charge in [0, 0.05) is 13.1 Å². The van der Waals surface area contributed by atoms with E-state index in [0.29, 0.717) is 30.3 Å². The van der Waals surface area contributed by atoms with Crippen molar-refractivity contribution in [1.82, 2.24) is 0 Å². The highest BCUT2D eigenvalue weighted by molar-refractivity contribution is 6.34. The highest BCUT2D eigenvalue weighted by Crippen LogP contribution is 2.34. The number of morpholine rings is 1. The Morgan fingerprint density at radius 1 is 1.39 bits per heavy atom. The molecular formula is C15H24Cl3N3O2. The second-order valence-electron chi connectivity index (χ2n) is 5.12. The van der Waals surface area contributed by atoms with Crippen LogP contribution in [0.3, 0.4) is 0 Å². The van der Waals surface area contributed by atoms with Crippen LogP contribution >= 0.6 is 36.4 Å². The molecule has 1 amide bonds. The molecule has 0 aliphatic carbocycles. The highest BCUT2D eigenvalue weighted by atomic mass is 35.5. The summed E-state index contributed by atoms with van der Waals surface area (Å²) < 4.78 is 5.36. The lowest BCUT2D eigenvalue weighted by Crippen LogP contribution is -2.38. The third-order valence-corrected chi connectivity index (χ3v) is 3.81. The first-order valence-electron chi connectivity index (χ1n) is 7.31. The van der Waals surface area contributed by atoms with Crippen molar-refractivity contribution in [2.45, 2.75) is 25.8 Å². The maximum atomic E-state index is 12.1. The predicted octanol–water partition coefficient (Wildman–Crippen LogP) is 3.09. The number of nitrogens with one attached hydrogen (secondary N) is 1. The van der Waals surface area contributed by atoms with Crippen molar-refractivity contribution in [1.29, 1.82) is 0 Å². The summed E-state index contributed by atoms with van der Waals surface area (Å²) in [6.45, 7) is 4.84. The molecule has 1 aliphatic rings. The number of para-hydroxylation sites is 1. The van der Waals surface area contributed by atoms with Gasteiger partial charge in [0.05, 0.1) is 35.7 Å². The molecule has 1 aromatic carbocycles. The Bertz CT molecular complexity index is 497. The minimum Gasteiger partial charge on any atom is -0.378 e. The lowest BCUT2D eigenvalue weighted by atomic mass is 10.1. The van der Waals surface area contributed by atoms with Crippen molar-refractivity contribution < 1.29 is 9.53 Å². The smallest absolute Gasteiger partial charge is 0.241 e. The molecular weight excluding hydrogens is 361 g/mol. The van der Waals surface area contributed by atoms with Gasteiger partial charge in [-0.1, -0.05) is 31.0 Å². The summed E-state index contributed by atoms with van der Waals surface area (Å²) >= 11 is 6.32. The van der Waals surface area contributed by atoms with E-state index in [1.165, 1.54) is 0 Å². The summed E-state index contributed by atoms with van der Waals surface area (Å²) in [7, 11) is 0. The number of rotatable bonds is 5. The molecule has 1 unspecified atom stereocenters. The van der Waals surface area contributed by atoms with Gasteiger partial charge in [-0.05, 0) is 18.6 Å². The Kier molecular flexibility index (Phi) is 10.6. The summed E-state index contributed by atoms with van der Waals surface area (Å²) in [4.78, 5) is 14.3. The molecule has 0 radical (unpaired) electrons. The number of nitrogens with zero attached hydrogens (tertiary/aromatic N) is 1. The van der Waals surface area contributed by atoms with Gasteiger partial charge in [0.15, 0.2) is 0 Å². The molecule has 1 heterocycles. The minimum absolute atomic E-state index is 0. The molecule has 0 saturated carbocycles. The standard InChI is InChI=1S/C15H22ClN3O2.2ClH/c1-2-4-12(17)15(20)18-13-6-3-5-11(16)14(13)19-7-9-21-10-8-19;;/h3,5-6,12H,2,4,7-10,17H2,1H3,(H,18,20);2*1H. The normalized spacial score (nSPS) is 15.2. The summed E-state index contributed by atoms with van der Waals surface area (Å²) in [5, 5.41) is 3.53. The van der Waals surface area contributed by atoms with Crippen molar-refractivity contribution >= 4 is 53.7 Å². The number of hydrogen-bond donors (Lipinski definition) is 2. The predicted molar refractivity (Wildman–Crippen MR) is 100 cm³/mol. The molecule has 3 N–H and O–H groups in total. The van der Waals surface area contributed by atoms with Crippen LogP contribution in [0, 0.1) is 0 Å². The maximum Gasteiger partial charge on any atom is 0.241 e. The third-order valence-electron chi connectivity index (χ3n) is 3.51. The lowest BCUT2D eigenvalue weighted by molar-refractivity contribution is -0.117. The molecule has 1 atom stereocenters. The average molecular weight is 385 g/mol. The van der Waals surface area contributed by atoms with Gasteiger partial charge in [-0.3, -0.25) is 4.79 Å². The number of benzene rings is 1. The largest absolute Gasteiger partial charge is 0.378 e. The molecule has 8 heteroatoms. The van der Waals surface area contributed by atoms with Crippen molar-refractivity contribution in [3.63, 3.8) is 0 Å². The van der Waals surface area contributed by atoms with E-state index in [9.17, 15) is 4.79 Å². The van der Waals surface area contributed by atoms with Crippen molar-refractivity contribution in [2.24, 2.45) is 5.73 Å². The Hall–Kier alpha value is -0.720. The van der Waals surface area contributed by atoms with Crippen LogP contribution in [-0.2, 0) is 9.53 Å². The minimum atomic E-state index is -0.494. The number of nitrogens with two attached hydrogens (primary N) is 1. The maximum absolute atomic E-state index is 12.1. The first-order chi connectivity index (χ1) is 10.1. The Labute approximate surface area is 154 Å². The molecule has 132 valence electrons. The van der Waals surface area contributed by atoms with Gasteiger partial charge in [-0.15, -0.1) is 24.8 Å². The number of carbonyl (C=O) groups excluding carboxylic acids is 1. The topological polar surface area (TPSA) is 67.6 Å². The van der Waals surface area contributed by atoms with Crippen LogP contribution in [0.25, 0.3) is 0 Å². The van der Waals surface area contributed by atoms with E-state index in [-0.39, 0.29) is 30.7 Å². The molecule has 1 aromatic rings. The Balaban J connectivity index is 0.00000242. The van der Waals surface area contributed by atoms with Crippen LogP contribution in [0.4, 0.5) is 11.4 Å². The van der Waals surface area contributed by atoms with Gasteiger partial charge in [0.1, 0.15) is 0 Å². The zero-order valence-electron chi connectivity index (χ0n) is 13.1. The zero-order chi connectivity index (χ0) is 15.2. The van der Waals surface area contributed by atoms with Crippen LogP contribution in [0.2, 0.25) is 5.02 Å². The van der Waals surface area contributed by atoms with E-state index in [2.05, 4.69) is 10.2 Å². The fourth-order valence-electron chi connectivity index (χ4n) is 2.39. The van der Waals surface area contributed by atoms with Crippen LogP contribution in [0.5, 0.6) is 0 Å². The fourth-order valence-corrected chi connectivity index (χ4v) is 2.69. The van der Waals surface area contributed by atoms with E-state index in [1.54, 1.807) is 0 Å². The van der Waals surface area contributed by atoms with Crippen LogP contribution in [-0.4, -0.2) is 38.3 Å². The molecule has 23 heavy (non-hydrogen) atoms. The highest BCUT2D eigenvalue weighted by Gasteiger charge is 2.20. The van der Waals surface area contributed by atoms with Gasteiger partial charge in [-0.25, -0.2) is 0 Å². The van der Waals surface area contributed by atoms with Crippen LogP contribution < -0.4 is 16.0 Å². The number of halogens is 3. The number of amides is 1. The van der Waals surface area contributed by atoms with E-state index in [0.717, 1.165) is 25.2 Å². The first-order valence-corrected chi connectivity index (χ1v) is 7.69. The molecule has 5 nitrogen and oxygen atoms in total. The van der Waals surface area contributed by atoms with Gasteiger partial charge in [-0.2, -0.15) is 0 Å². The SMILES string of the molecule is CCCC(N)C(=O)Nc1cccc(Cl)c1N1CCOCC1.Cl.Cl. The number of hydrogen-bond acceptors (Lipinski definition) is 4. The average Bonchev–Trinajstić information content (AvgIpc) is 2.48. The van der Waals surface area contributed by atoms with E-state index in [4.69, 9.17) is 22.1 Å². The third kappa shape index (κ3) is 6.01. The van der Waals surface area contributed by atoms with Gasteiger partial charge >= 0.3 is 0 Å². The molecule has 0 spiro atoms. The first kappa shape index (κ1) is 22.3. The molecule has 1 saturated heterocycles. The molecule has 0 bridgehead atoms.